The van der Waals surface area contributed by atoms with Crippen LogP contribution in [-0.2, 0) is 9.59 Å². The fourth-order valence-electron chi connectivity index (χ4n) is 3.53. The van der Waals surface area contributed by atoms with Crippen molar-refractivity contribution in [3.8, 4) is 5.75 Å². The summed E-state index contributed by atoms with van der Waals surface area (Å²) in [5.41, 5.74) is 3.88. The molecule has 8 nitrogen and oxygen atoms in total. The first-order valence-corrected chi connectivity index (χ1v) is 8.86. The Morgan fingerprint density at radius 1 is 1.14 bits per heavy atom. The van der Waals surface area contributed by atoms with Crippen molar-refractivity contribution in [2.24, 2.45) is 0 Å². The van der Waals surface area contributed by atoms with Gasteiger partial charge in [-0.3, -0.25) is 9.88 Å². The lowest BCUT2D eigenvalue weighted by molar-refractivity contribution is -0.134. The van der Waals surface area contributed by atoms with Crippen LogP contribution in [0.3, 0.4) is 0 Å². The molecule has 1 saturated heterocycles. The van der Waals surface area contributed by atoms with Gasteiger partial charge in [0.25, 0.3) is 0 Å². The van der Waals surface area contributed by atoms with Gasteiger partial charge in [0.15, 0.2) is 0 Å². The van der Waals surface area contributed by atoms with E-state index in [1.807, 2.05) is 12.3 Å². The summed E-state index contributed by atoms with van der Waals surface area (Å²) in [7, 11) is 2.21. The topological polar surface area (TPSA) is 124 Å². The van der Waals surface area contributed by atoms with Crippen molar-refractivity contribution >= 4 is 28.5 Å². The van der Waals surface area contributed by atoms with Gasteiger partial charge in [-0.05, 0) is 44.0 Å². The predicted molar refractivity (Wildman–Crippen MR) is 103 cm³/mol. The minimum Gasteiger partial charge on any atom is -0.508 e. The number of carboxylic acids is 2. The molecule has 3 N–H and O–H groups in total. The van der Waals surface area contributed by atoms with Crippen LogP contribution in [0.25, 0.3) is 16.6 Å². The number of nitrogens with zero attached hydrogens (tertiary/aromatic N) is 3. The highest BCUT2D eigenvalue weighted by Gasteiger charge is 2.34. The van der Waals surface area contributed by atoms with Gasteiger partial charge in [0, 0.05) is 30.3 Å². The third-order valence-corrected chi connectivity index (χ3v) is 4.97. The van der Waals surface area contributed by atoms with Crippen molar-refractivity contribution in [1.29, 1.82) is 0 Å². The minimum atomic E-state index is -1.26. The van der Waals surface area contributed by atoms with E-state index in [4.69, 9.17) is 15.2 Å². The zero-order valence-corrected chi connectivity index (χ0v) is 15.3. The Morgan fingerprint density at radius 2 is 1.86 bits per heavy atom. The molecule has 1 fully saturated rings. The van der Waals surface area contributed by atoms with E-state index in [9.17, 15) is 14.7 Å². The summed E-state index contributed by atoms with van der Waals surface area (Å²) in [6, 6.07) is 6.34. The van der Waals surface area contributed by atoms with Crippen LogP contribution < -0.4 is 0 Å². The molecule has 2 bridgehead atoms. The second-order valence-electron chi connectivity index (χ2n) is 6.80. The maximum absolute atomic E-state index is 9.55. The molecule has 0 amide bonds. The van der Waals surface area contributed by atoms with Gasteiger partial charge in [-0.2, -0.15) is 0 Å². The first kappa shape index (κ1) is 19.5. The summed E-state index contributed by atoms with van der Waals surface area (Å²) in [5.74, 6) is -2.28. The van der Waals surface area contributed by atoms with E-state index in [0.717, 1.165) is 23.1 Å². The molecule has 4 rings (SSSR count). The van der Waals surface area contributed by atoms with E-state index in [0.29, 0.717) is 24.2 Å². The van der Waals surface area contributed by atoms with Gasteiger partial charge in [0.05, 0.1) is 22.9 Å². The fourth-order valence-corrected chi connectivity index (χ4v) is 3.53. The number of aromatic hydroxyl groups is 1. The minimum absolute atomic E-state index is 0.233. The number of hydrogen-bond acceptors (Lipinski definition) is 6. The Balaban J connectivity index is 0.000000242. The average molecular weight is 383 g/mol. The zero-order chi connectivity index (χ0) is 20.3. The number of phenolic OH excluding ortho intramolecular Hbond substituents is 1. The van der Waals surface area contributed by atoms with Crippen molar-refractivity contribution in [3.63, 3.8) is 0 Å². The van der Waals surface area contributed by atoms with Crippen LogP contribution in [-0.4, -0.2) is 61.3 Å². The van der Waals surface area contributed by atoms with Crippen molar-refractivity contribution in [1.82, 2.24) is 14.9 Å². The summed E-state index contributed by atoms with van der Waals surface area (Å²) in [6.45, 7) is 0. The van der Waals surface area contributed by atoms with E-state index in [-0.39, 0.29) is 5.75 Å². The normalized spacial score (nSPS) is 21.2. The predicted octanol–water partition coefficient (Wildman–Crippen LogP) is 2.30. The first-order valence-electron chi connectivity index (χ1n) is 8.86. The van der Waals surface area contributed by atoms with Crippen LogP contribution in [0.2, 0.25) is 0 Å². The van der Waals surface area contributed by atoms with Gasteiger partial charge in [-0.1, -0.05) is 6.08 Å². The summed E-state index contributed by atoms with van der Waals surface area (Å²) < 4.78 is 0. The number of aromatic nitrogens is 2. The summed E-state index contributed by atoms with van der Waals surface area (Å²) in [5, 5.41) is 25.1. The van der Waals surface area contributed by atoms with Gasteiger partial charge in [-0.25, -0.2) is 14.6 Å². The number of fused-ring (bicyclic) bond motifs is 3. The molecule has 2 aromatic rings. The molecule has 2 aliphatic rings. The molecule has 146 valence electrons. The molecular formula is C20H21N3O5. The van der Waals surface area contributed by atoms with Crippen LogP contribution in [0, 0.1) is 0 Å². The van der Waals surface area contributed by atoms with Crippen molar-refractivity contribution in [2.45, 2.75) is 31.3 Å². The average Bonchev–Trinajstić information content (AvgIpc) is 2.87. The highest BCUT2D eigenvalue weighted by molar-refractivity contribution is 5.89. The number of rotatable bonds is 3. The van der Waals surface area contributed by atoms with E-state index >= 15 is 0 Å². The molecule has 0 aliphatic carbocycles. The molecule has 8 heteroatoms. The molecule has 2 atom stereocenters. The second-order valence-corrected chi connectivity index (χ2v) is 6.80. The summed E-state index contributed by atoms with van der Waals surface area (Å²) >= 11 is 0. The van der Waals surface area contributed by atoms with E-state index < -0.39 is 11.9 Å². The zero-order valence-electron chi connectivity index (χ0n) is 15.3. The van der Waals surface area contributed by atoms with Crippen molar-refractivity contribution < 1.29 is 24.9 Å². The van der Waals surface area contributed by atoms with Gasteiger partial charge < -0.3 is 15.3 Å². The number of carboxylic acid groups (broad SMARTS) is 2. The lowest BCUT2D eigenvalue weighted by atomic mass is 9.99. The van der Waals surface area contributed by atoms with Crippen LogP contribution >= 0.6 is 0 Å². The molecular weight excluding hydrogens is 362 g/mol. The number of phenols is 1. The Bertz CT molecular complexity index is 953. The van der Waals surface area contributed by atoms with Crippen LogP contribution in [0.4, 0.5) is 0 Å². The fraction of sp³-hybridized carbons (Fsp3) is 0.300. The Hall–Kier alpha value is -3.26. The Morgan fingerprint density at radius 3 is 2.50 bits per heavy atom. The smallest absolute Gasteiger partial charge is 0.328 e. The van der Waals surface area contributed by atoms with Crippen LogP contribution in [0.1, 0.15) is 25.0 Å². The molecule has 28 heavy (non-hydrogen) atoms. The van der Waals surface area contributed by atoms with Crippen LogP contribution in [0.15, 0.2) is 42.6 Å². The van der Waals surface area contributed by atoms with Crippen molar-refractivity contribution in [3.05, 3.63) is 48.3 Å². The third-order valence-electron chi connectivity index (χ3n) is 4.97. The summed E-state index contributed by atoms with van der Waals surface area (Å²) in [6.07, 6.45) is 8.88. The van der Waals surface area contributed by atoms with Gasteiger partial charge >= 0.3 is 11.9 Å². The Kier molecular flexibility index (Phi) is 5.70. The number of benzene rings is 1. The molecule has 2 unspecified atom stereocenters. The number of likely N-dealkylation sites (N-methyl/N-ethyl adjacent to an activating group) is 1. The molecule has 2 aliphatic heterocycles. The lowest BCUT2D eigenvalue weighted by Crippen LogP contribution is -2.34. The van der Waals surface area contributed by atoms with Gasteiger partial charge in [0.2, 0.25) is 0 Å². The first-order chi connectivity index (χ1) is 13.3. The van der Waals surface area contributed by atoms with Crippen LogP contribution in [0.5, 0.6) is 5.75 Å². The standard InChI is InChI=1S/C16H17N3O.C4H4O4/c1-19-11-2-3-12(19)7-10(6-11)16-9-17-15-8-13(20)4-5-14(15)18-16;5-3(6)1-2-4(7)8/h4-6,8-9,11-12,20H,2-3,7H2,1H3;1-2H,(H,5,6)(H,7,8)/b;2-1-. The van der Waals surface area contributed by atoms with Gasteiger partial charge in [0.1, 0.15) is 5.75 Å². The summed E-state index contributed by atoms with van der Waals surface area (Å²) in [4.78, 5) is 30.7. The molecule has 0 saturated carbocycles. The third kappa shape index (κ3) is 4.52. The molecule has 0 spiro atoms. The second kappa shape index (κ2) is 8.18. The molecule has 0 radical (unpaired) electrons. The largest absolute Gasteiger partial charge is 0.508 e. The maximum atomic E-state index is 9.55. The van der Waals surface area contributed by atoms with E-state index in [2.05, 4.69) is 23.0 Å². The maximum Gasteiger partial charge on any atom is 0.328 e. The van der Waals surface area contributed by atoms with Gasteiger partial charge in [-0.15, -0.1) is 0 Å². The number of carbonyl (C=O) groups is 2. The van der Waals surface area contributed by atoms with E-state index in [1.54, 1.807) is 12.1 Å². The molecule has 1 aromatic carbocycles. The SMILES string of the molecule is CN1C2C=C(c3cnc4cc(O)ccc4n3)CC1CC2.O=C(O)/C=C\C(=O)O. The quantitative estimate of drug-likeness (QED) is 0.690. The highest BCUT2D eigenvalue weighted by atomic mass is 16.4. The van der Waals surface area contributed by atoms with Crippen molar-refractivity contribution in [2.75, 3.05) is 7.05 Å². The van der Waals surface area contributed by atoms with E-state index in [1.165, 1.54) is 18.4 Å². The Labute approximate surface area is 161 Å². The lowest BCUT2D eigenvalue weighted by Gasteiger charge is -2.30. The number of aliphatic carboxylic acids is 2. The highest BCUT2D eigenvalue weighted by Crippen LogP contribution is 2.36. The molecule has 3 heterocycles. The molecule has 1 aromatic heterocycles. The monoisotopic (exact) mass is 383 g/mol. The number of hydrogen-bond donors (Lipinski definition) is 3.